The van der Waals surface area contributed by atoms with E-state index in [2.05, 4.69) is 46.0 Å². The summed E-state index contributed by atoms with van der Waals surface area (Å²) in [7, 11) is 0. The average Bonchev–Trinajstić information content (AvgIpc) is 2.59. The molecule has 5 nitrogen and oxygen atoms in total. The first-order valence-corrected chi connectivity index (χ1v) is 8.17. The maximum atomic E-state index is 6.10. The Morgan fingerprint density at radius 2 is 1.95 bits per heavy atom. The highest BCUT2D eigenvalue weighted by Gasteiger charge is 2.20. The minimum Gasteiger partial charge on any atom is -0.378 e. The third-order valence-electron chi connectivity index (χ3n) is 4.64. The van der Waals surface area contributed by atoms with Gasteiger partial charge in [0.1, 0.15) is 0 Å². The molecule has 5 heteroatoms. The van der Waals surface area contributed by atoms with Gasteiger partial charge in [0.2, 0.25) is 0 Å². The van der Waals surface area contributed by atoms with Crippen LogP contribution < -0.4 is 5.73 Å². The first kappa shape index (κ1) is 15.3. The van der Waals surface area contributed by atoms with Gasteiger partial charge in [-0.1, -0.05) is 24.3 Å². The molecule has 3 rings (SSSR count). The minimum atomic E-state index is 0.410. The van der Waals surface area contributed by atoms with E-state index in [1.165, 1.54) is 11.1 Å². The van der Waals surface area contributed by atoms with Crippen molar-refractivity contribution in [3.8, 4) is 0 Å². The number of nitrogens with zero attached hydrogens (tertiary/aromatic N) is 3. The average molecular weight is 302 g/mol. The third kappa shape index (κ3) is 3.59. The second kappa shape index (κ2) is 7.11. The Kier molecular flexibility index (Phi) is 4.95. The van der Waals surface area contributed by atoms with Gasteiger partial charge in [0, 0.05) is 32.2 Å². The molecule has 1 atom stereocenters. The van der Waals surface area contributed by atoms with Crippen molar-refractivity contribution in [3.05, 3.63) is 35.4 Å². The summed E-state index contributed by atoms with van der Waals surface area (Å²) in [5.41, 5.74) is 9.04. The van der Waals surface area contributed by atoms with Gasteiger partial charge in [0.15, 0.2) is 5.96 Å². The predicted octanol–water partition coefficient (Wildman–Crippen LogP) is 1.08. The predicted molar refractivity (Wildman–Crippen MR) is 88.9 cm³/mol. The molecular formula is C17H26N4O. The van der Waals surface area contributed by atoms with Crippen LogP contribution in [-0.2, 0) is 17.7 Å². The Bertz CT molecular complexity index is 525. The van der Waals surface area contributed by atoms with Crippen molar-refractivity contribution in [1.82, 2.24) is 9.80 Å². The summed E-state index contributed by atoms with van der Waals surface area (Å²) < 4.78 is 5.34. The fourth-order valence-electron chi connectivity index (χ4n) is 3.13. The number of benzene rings is 1. The van der Waals surface area contributed by atoms with Gasteiger partial charge in [-0.15, -0.1) is 0 Å². The van der Waals surface area contributed by atoms with Crippen LogP contribution in [0.1, 0.15) is 18.1 Å². The van der Waals surface area contributed by atoms with Crippen LogP contribution >= 0.6 is 0 Å². The summed E-state index contributed by atoms with van der Waals surface area (Å²) in [6.07, 6.45) is 1.13. The number of nitrogens with two attached hydrogens (primary N) is 1. The van der Waals surface area contributed by atoms with Gasteiger partial charge in [-0.05, 0) is 24.5 Å². The van der Waals surface area contributed by atoms with Crippen LogP contribution in [0.25, 0.3) is 0 Å². The zero-order valence-corrected chi connectivity index (χ0v) is 13.4. The van der Waals surface area contributed by atoms with Crippen molar-refractivity contribution < 1.29 is 4.74 Å². The highest BCUT2D eigenvalue weighted by molar-refractivity contribution is 5.78. The third-order valence-corrected chi connectivity index (χ3v) is 4.64. The van der Waals surface area contributed by atoms with Gasteiger partial charge in [-0.25, -0.2) is 0 Å². The summed E-state index contributed by atoms with van der Waals surface area (Å²) in [5, 5.41) is 0. The van der Waals surface area contributed by atoms with Gasteiger partial charge in [-0.3, -0.25) is 9.89 Å². The van der Waals surface area contributed by atoms with Crippen molar-refractivity contribution in [2.24, 2.45) is 10.7 Å². The van der Waals surface area contributed by atoms with Crippen LogP contribution in [0.3, 0.4) is 0 Å². The molecule has 0 amide bonds. The van der Waals surface area contributed by atoms with Crippen molar-refractivity contribution in [2.45, 2.75) is 25.9 Å². The number of fused-ring (bicyclic) bond motifs is 1. The van der Waals surface area contributed by atoms with E-state index in [9.17, 15) is 0 Å². The minimum absolute atomic E-state index is 0.410. The zero-order valence-electron chi connectivity index (χ0n) is 13.4. The number of rotatable bonds is 3. The standard InChI is InChI=1S/C17H26N4O/c1-14(12-19-17(18)20-8-10-22-11-9-20)21-7-6-15-4-2-3-5-16(15)13-21/h2-5,14H,6-13H2,1H3,(H2,18,19). The Balaban J connectivity index is 1.55. The maximum Gasteiger partial charge on any atom is 0.191 e. The van der Waals surface area contributed by atoms with Crippen LogP contribution in [0.15, 0.2) is 29.3 Å². The highest BCUT2D eigenvalue weighted by Crippen LogP contribution is 2.20. The van der Waals surface area contributed by atoms with Crippen LogP contribution in [0.2, 0.25) is 0 Å². The van der Waals surface area contributed by atoms with E-state index < -0.39 is 0 Å². The Labute approximate surface area is 132 Å². The van der Waals surface area contributed by atoms with Gasteiger partial charge in [0.05, 0.1) is 19.8 Å². The number of hydrogen-bond acceptors (Lipinski definition) is 3. The van der Waals surface area contributed by atoms with E-state index in [4.69, 9.17) is 10.5 Å². The van der Waals surface area contributed by atoms with E-state index in [1.807, 2.05) is 0 Å². The molecule has 2 N–H and O–H groups in total. The number of aliphatic imine (C=N–C) groups is 1. The number of guanidine groups is 1. The summed E-state index contributed by atoms with van der Waals surface area (Å²) >= 11 is 0. The topological polar surface area (TPSA) is 54.1 Å². The molecule has 0 spiro atoms. The van der Waals surface area contributed by atoms with Crippen LogP contribution in [0.5, 0.6) is 0 Å². The molecular weight excluding hydrogens is 276 g/mol. The summed E-state index contributed by atoms with van der Waals surface area (Å²) in [4.78, 5) is 9.21. The van der Waals surface area contributed by atoms with Gasteiger partial charge >= 0.3 is 0 Å². The van der Waals surface area contributed by atoms with E-state index in [0.717, 1.165) is 52.4 Å². The number of ether oxygens (including phenoxy) is 1. The fourth-order valence-corrected chi connectivity index (χ4v) is 3.13. The largest absolute Gasteiger partial charge is 0.378 e. The summed E-state index contributed by atoms with van der Waals surface area (Å²) in [5.74, 6) is 0.660. The molecule has 2 heterocycles. The van der Waals surface area contributed by atoms with Crippen LogP contribution in [-0.4, -0.2) is 61.2 Å². The van der Waals surface area contributed by atoms with Crippen LogP contribution in [0.4, 0.5) is 0 Å². The molecule has 1 unspecified atom stereocenters. The molecule has 1 aromatic rings. The lowest BCUT2D eigenvalue weighted by Crippen LogP contribution is -2.45. The monoisotopic (exact) mass is 302 g/mol. The molecule has 1 aromatic carbocycles. The normalized spacial score (nSPS) is 21.5. The quantitative estimate of drug-likeness (QED) is 0.670. The molecule has 0 saturated carbocycles. The first-order chi connectivity index (χ1) is 10.7. The van der Waals surface area contributed by atoms with E-state index in [-0.39, 0.29) is 0 Å². The van der Waals surface area contributed by atoms with Crippen LogP contribution in [0, 0.1) is 0 Å². The van der Waals surface area contributed by atoms with Gasteiger partial charge < -0.3 is 15.4 Å². The molecule has 2 aliphatic rings. The summed E-state index contributed by atoms with van der Waals surface area (Å²) in [6.45, 7) is 8.30. The summed E-state index contributed by atoms with van der Waals surface area (Å²) in [6, 6.07) is 9.14. The smallest absolute Gasteiger partial charge is 0.191 e. The molecule has 0 aliphatic carbocycles. The Morgan fingerprint density at radius 1 is 1.23 bits per heavy atom. The molecule has 1 saturated heterocycles. The molecule has 0 radical (unpaired) electrons. The molecule has 22 heavy (non-hydrogen) atoms. The lowest BCUT2D eigenvalue weighted by molar-refractivity contribution is 0.0673. The Hall–Kier alpha value is -1.59. The lowest BCUT2D eigenvalue weighted by Gasteiger charge is -2.33. The molecule has 1 fully saturated rings. The number of hydrogen-bond donors (Lipinski definition) is 1. The first-order valence-electron chi connectivity index (χ1n) is 8.17. The van der Waals surface area contributed by atoms with Gasteiger partial charge in [-0.2, -0.15) is 0 Å². The van der Waals surface area contributed by atoms with Crippen molar-refractivity contribution in [1.29, 1.82) is 0 Å². The van der Waals surface area contributed by atoms with E-state index in [0.29, 0.717) is 12.0 Å². The second-order valence-electron chi connectivity index (χ2n) is 6.14. The highest BCUT2D eigenvalue weighted by atomic mass is 16.5. The van der Waals surface area contributed by atoms with E-state index in [1.54, 1.807) is 0 Å². The zero-order chi connectivity index (χ0) is 15.4. The van der Waals surface area contributed by atoms with Crippen molar-refractivity contribution in [2.75, 3.05) is 39.4 Å². The maximum absolute atomic E-state index is 6.10. The molecule has 120 valence electrons. The lowest BCUT2D eigenvalue weighted by atomic mass is 9.99. The SMILES string of the molecule is CC(CN=C(N)N1CCOCC1)N1CCc2ccccc2C1. The van der Waals surface area contributed by atoms with E-state index >= 15 is 0 Å². The Morgan fingerprint density at radius 3 is 2.73 bits per heavy atom. The fraction of sp³-hybridized carbons (Fsp3) is 0.588. The van der Waals surface area contributed by atoms with Gasteiger partial charge in [0.25, 0.3) is 0 Å². The van der Waals surface area contributed by atoms with Crippen molar-refractivity contribution >= 4 is 5.96 Å². The molecule has 2 aliphatic heterocycles. The number of morpholine rings is 1. The molecule has 0 aromatic heterocycles. The second-order valence-corrected chi connectivity index (χ2v) is 6.14. The van der Waals surface area contributed by atoms with Crippen molar-refractivity contribution in [3.63, 3.8) is 0 Å². The molecule has 0 bridgehead atoms.